The van der Waals surface area contributed by atoms with E-state index in [4.69, 9.17) is 4.42 Å². The SMILES string of the molecule is O=C(NCc1ccc(CN2CCCC2)cc1)/C(=C/c1ccco1)c1ccccc1. The minimum Gasteiger partial charge on any atom is -0.465 e. The molecule has 1 fully saturated rings. The maximum absolute atomic E-state index is 12.9. The van der Waals surface area contributed by atoms with Crippen molar-refractivity contribution in [3.63, 3.8) is 0 Å². The van der Waals surface area contributed by atoms with Gasteiger partial charge in [0.15, 0.2) is 0 Å². The van der Waals surface area contributed by atoms with Gasteiger partial charge in [-0.15, -0.1) is 0 Å². The highest BCUT2D eigenvalue weighted by Gasteiger charge is 2.14. The van der Waals surface area contributed by atoms with Crippen LogP contribution >= 0.6 is 0 Å². The van der Waals surface area contributed by atoms with Crippen molar-refractivity contribution in [3.8, 4) is 0 Å². The Labute approximate surface area is 171 Å². The van der Waals surface area contributed by atoms with E-state index in [0.717, 1.165) is 17.7 Å². The van der Waals surface area contributed by atoms with E-state index in [2.05, 4.69) is 34.5 Å². The van der Waals surface area contributed by atoms with Crippen LogP contribution in [0.5, 0.6) is 0 Å². The van der Waals surface area contributed by atoms with E-state index in [1.54, 1.807) is 12.3 Å². The average Bonchev–Trinajstić information content (AvgIpc) is 3.46. The highest BCUT2D eigenvalue weighted by molar-refractivity contribution is 6.23. The molecular weight excluding hydrogens is 360 g/mol. The van der Waals surface area contributed by atoms with Gasteiger partial charge in [0.2, 0.25) is 0 Å². The van der Waals surface area contributed by atoms with Gasteiger partial charge in [0.25, 0.3) is 5.91 Å². The number of nitrogens with one attached hydrogen (secondary N) is 1. The van der Waals surface area contributed by atoms with Gasteiger partial charge in [-0.1, -0.05) is 54.6 Å². The third-order valence-electron chi connectivity index (χ3n) is 5.24. The van der Waals surface area contributed by atoms with E-state index in [9.17, 15) is 4.79 Å². The molecule has 4 nitrogen and oxygen atoms in total. The zero-order valence-electron chi connectivity index (χ0n) is 16.5. The number of hydrogen-bond acceptors (Lipinski definition) is 3. The van der Waals surface area contributed by atoms with Crippen molar-refractivity contribution >= 4 is 17.6 Å². The van der Waals surface area contributed by atoms with Crippen LogP contribution in [0, 0.1) is 0 Å². The predicted molar refractivity (Wildman–Crippen MR) is 116 cm³/mol. The first kappa shape index (κ1) is 19.2. The lowest BCUT2D eigenvalue weighted by atomic mass is 10.0. The smallest absolute Gasteiger partial charge is 0.252 e. The molecule has 1 N–H and O–H groups in total. The van der Waals surface area contributed by atoms with Gasteiger partial charge in [-0.25, -0.2) is 0 Å². The summed E-state index contributed by atoms with van der Waals surface area (Å²) in [5.74, 6) is 0.541. The van der Waals surface area contributed by atoms with Crippen molar-refractivity contribution in [2.24, 2.45) is 0 Å². The lowest BCUT2D eigenvalue weighted by molar-refractivity contribution is -0.115. The number of nitrogens with zero attached hydrogens (tertiary/aromatic N) is 1. The van der Waals surface area contributed by atoms with Crippen LogP contribution in [-0.2, 0) is 17.9 Å². The largest absolute Gasteiger partial charge is 0.465 e. The van der Waals surface area contributed by atoms with Crippen LogP contribution in [-0.4, -0.2) is 23.9 Å². The number of likely N-dealkylation sites (tertiary alicyclic amines) is 1. The van der Waals surface area contributed by atoms with E-state index in [1.807, 2.05) is 42.5 Å². The highest BCUT2D eigenvalue weighted by atomic mass is 16.3. The van der Waals surface area contributed by atoms with Crippen LogP contribution < -0.4 is 5.32 Å². The molecule has 0 unspecified atom stereocenters. The van der Waals surface area contributed by atoms with Crippen molar-refractivity contribution in [2.75, 3.05) is 13.1 Å². The standard InChI is InChI=1S/C25H26N2O2/c28-25(24(17-23-9-6-16-29-23)22-7-2-1-3-8-22)26-18-20-10-12-21(13-11-20)19-27-14-4-5-15-27/h1-3,6-13,16-17H,4-5,14-15,18-19H2,(H,26,28)/b24-17+. The van der Waals surface area contributed by atoms with Gasteiger partial charge < -0.3 is 9.73 Å². The van der Waals surface area contributed by atoms with Gasteiger partial charge in [-0.3, -0.25) is 9.69 Å². The van der Waals surface area contributed by atoms with Gasteiger partial charge in [0, 0.05) is 13.1 Å². The average molecular weight is 386 g/mol. The molecule has 1 amide bonds. The Bertz CT molecular complexity index is 938. The fourth-order valence-electron chi connectivity index (χ4n) is 3.65. The minimum atomic E-state index is -0.117. The highest BCUT2D eigenvalue weighted by Crippen LogP contribution is 2.19. The van der Waals surface area contributed by atoms with E-state index in [0.29, 0.717) is 17.9 Å². The summed E-state index contributed by atoms with van der Waals surface area (Å²) < 4.78 is 5.41. The normalized spacial score (nSPS) is 14.8. The third-order valence-corrected chi connectivity index (χ3v) is 5.24. The van der Waals surface area contributed by atoms with Crippen LogP contribution in [0.3, 0.4) is 0 Å². The Morgan fingerprint density at radius 1 is 0.931 bits per heavy atom. The second-order valence-corrected chi connectivity index (χ2v) is 7.42. The monoisotopic (exact) mass is 386 g/mol. The van der Waals surface area contributed by atoms with Gasteiger partial charge in [-0.05, 0) is 60.8 Å². The predicted octanol–water partition coefficient (Wildman–Crippen LogP) is 4.73. The molecule has 3 aromatic rings. The lowest BCUT2D eigenvalue weighted by Crippen LogP contribution is -2.24. The zero-order valence-corrected chi connectivity index (χ0v) is 16.5. The molecule has 0 spiro atoms. The number of rotatable bonds is 7. The summed E-state index contributed by atoms with van der Waals surface area (Å²) in [6.07, 6.45) is 6.00. The number of carbonyl (C=O) groups excluding carboxylic acids is 1. The van der Waals surface area contributed by atoms with Gasteiger partial charge in [0.05, 0.1) is 11.8 Å². The summed E-state index contributed by atoms with van der Waals surface area (Å²) >= 11 is 0. The van der Waals surface area contributed by atoms with Gasteiger partial charge in [0.1, 0.15) is 5.76 Å². The molecule has 2 heterocycles. The molecule has 148 valence electrons. The zero-order chi connectivity index (χ0) is 19.9. The maximum Gasteiger partial charge on any atom is 0.252 e. The summed E-state index contributed by atoms with van der Waals surface area (Å²) in [5.41, 5.74) is 3.87. The van der Waals surface area contributed by atoms with Gasteiger partial charge in [-0.2, -0.15) is 0 Å². The van der Waals surface area contributed by atoms with Crippen molar-refractivity contribution in [2.45, 2.75) is 25.9 Å². The fraction of sp³-hybridized carbons (Fsp3) is 0.240. The third kappa shape index (κ3) is 5.24. The van der Waals surface area contributed by atoms with Crippen LogP contribution in [0.1, 0.15) is 35.3 Å². The number of benzene rings is 2. The summed E-state index contributed by atoms with van der Waals surface area (Å²) in [6, 6.07) is 21.8. The quantitative estimate of drug-likeness (QED) is 0.597. The van der Waals surface area contributed by atoms with Crippen LogP contribution in [0.25, 0.3) is 11.6 Å². The lowest BCUT2D eigenvalue weighted by Gasteiger charge is -2.15. The number of hydrogen-bond donors (Lipinski definition) is 1. The molecule has 0 atom stereocenters. The molecule has 29 heavy (non-hydrogen) atoms. The Balaban J connectivity index is 1.41. The summed E-state index contributed by atoms with van der Waals surface area (Å²) in [7, 11) is 0. The van der Waals surface area contributed by atoms with E-state index >= 15 is 0 Å². The van der Waals surface area contributed by atoms with Crippen molar-refractivity contribution in [3.05, 3.63) is 95.4 Å². The first-order valence-electron chi connectivity index (χ1n) is 10.2. The van der Waals surface area contributed by atoms with Crippen molar-refractivity contribution in [1.29, 1.82) is 0 Å². The number of furan rings is 1. The number of carbonyl (C=O) groups is 1. The van der Waals surface area contributed by atoms with Crippen molar-refractivity contribution in [1.82, 2.24) is 10.2 Å². The maximum atomic E-state index is 12.9. The second-order valence-electron chi connectivity index (χ2n) is 7.42. The van der Waals surface area contributed by atoms with E-state index in [1.165, 1.54) is 31.5 Å². The topological polar surface area (TPSA) is 45.5 Å². The molecule has 1 aliphatic rings. The first-order valence-corrected chi connectivity index (χ1v) is 10.2. The Hall–Kier alpha value is -3.11. The van der Waals surface area contributed by atoms with Crippen molar-refractivity contribution < 1.29 is 9.21 Å². The molecule has 1 saturated heterocycles. The van der Waals surface area contributed by atoms with Crippen LogP contribution in [0.4, 0.5) is 0 Å². The van der Waals surface area contributed by atoms with E-state index in [-0.39, 0.29) is 5.91 Å². The Morgan fingerprint density at radius 2 is 1.66 bits per heavy atom. The molecule has 0 saturated carbocycles. The molecular formula is C25H26N2O2. The van der Waals surface area contributed by atoms with Crippen LogP contribution in [0.15, 0.2) is 77.4 Å². The fourth-order valence-corrected chi connectivity index (χ4v) is 3.65. The van der Waals surface area contributed by atoms with E-state index < -0.39 is 0 Å². The van der Waals surface area contributed by atoms with Gasteiger partial charge >= 0.3 is 0 Å². The molecule has 1 aliphatic heterocycles. The Kier molecular flexibility index (Phi) is 6.22. The molecule has 2 aromatic carbocycles. The molecule has 0 aliphatic carbocycles. The first-order chi connectivity index (χ1) is 14.3. The molecule has 0 bridgehead atoms. The summed E-state index contributed by atoms with van der Waals surface area (Å²) in [6.45, 7) is 3.89. The molecule has 4 heteroatoms. The summed E-state index contributed by atoms with van der Waals surface area (Å²) in [4.78, 5) is 15.4. The molecule has 4 rings (SSSR count). The number of amides is 1. The summed E-state index contributed by atoms with van der Waals surface area (Å²) in [5, 5.41) is 3.04. The Morgan fingerprint density at radius 3 is 2.34 bits per heavy atom. The second kappa shape index (κ2) is 9.39. The van der Waals surface area contributed by atoms with Crippen LogP contribution in [0.2, 0.25) is 0 Å². The molecule has 0 radical (unpaired) electrons. The molecule has 1 aromatic heterocycles. The minimum absolute atomic E-state index is 0.117.